The van der Waals surface area contributed by atoms with E-state index in [2.05, 4.69) is 0 Å². The molecule has 102 valence electrons. The van der Waals surface area contributed by atoms with Crippen molar-refractivity contribution in [1.82, 2.24) is 0 Å². The lowest BCUT2D eigenvalue weighted by Gasteiger charge is -2.10. The van der Waals surface area contributed by atoms with Crippen molar-refractivity contribution in [2.24, 2.45) is 11.3 Å². The van der Waals surface area contributed by atoms with Gasteiger partial charge in [0.25, 0.3) is 0 Å². The third kappa shape index (κ3) is 2.48. The molecule has 0 heterocycles. The van der Waals surface area contributed by atoms with Gasteiger partial charge in [-0.15, -0.1) is 0 Å². The van der Waals surface area contributed by atoms with Crippen LogP contribution < -0.4 is 0 Å². The molecule has 4 nitrogen and oxygen atoms in total. The van der Waals surface area contributed by atoms with Crippen LogP contribution in [-0.4, -0.2) is 30.6 Å². The van der Waals surface area contributed by atoms with Crippen LogP contribution in [0.3, 0.4) is 0 Å². The summed E-state index contributed by atoms with van der Waals surface area (Å²) in [6, 6.07) is 4.54. The molecule has 19 heavy (non-hydrogen) atoms. The number of ether oxygens (including phenoxy) is 1. The van der Waals surface area contributed by atoms with Gasteiger partial charge in [-0.3, -0.25) is 9.59 Å². The van der Waals surface area contributed by atoms with Gasteiger partial charge in [0.05, 0.1) is 16.7 Å². The monoisotopic (exact) mass is 302 g/mol. The smallest absolute Gasteiger partial charge is 0.312 e. The number of hydrogen-bond donors (Lipinski definition) is 1. The van der Waals surface area contributed by atoms with E-state index in [1.54, 1.807) is 6.07 Å². The Hall–Kier alpha value is -1.10. The Kier molecular flexibility index (Phi) is 3.85. The Bertz CT molecular complexity index is 543. The number of carboxylic acid groups (broad SMARTS) is 1. The maximum absolute atomic E-state index is 12.2. The highest BCUT2D eigenvalue weighted by atomic mass is 35.5. The Labute approximate surface area is 120 Å². The minimum atomic E-state index is -1.10. The number of benzene rings is 1. The first-order chi connectivity index (χ1) is 8.92. The summed E-state index contributed by atoms with van der Waals surface area (Å²) in [5, 5.41) is 9.86. The van der Waals surface area contributed by atoms with Crippen LogP contribution in [0.2, 0.25) is 10.0 Å². The molecule has 2 rings (SSSR count). The van der Waals surface area contributed by atoms with Gasteiger partial charge >= 0.3 is 5.97 Å². The van der Waals surface area contributed by atoms with Gasteiger partial charge in [-0.1, -0.05) is 23.2 Å². The van der Waals surface area contributed by atoms with Crippen molar-refractivity contribution in [2.75, 3.05) is 13.7 Å². The maximum Gasteiger partial charge on any atom is 0.312 e. The Balaban J connectivity index is 2.22. The summed E-state index contributed by atoms with van der Waals surface area (Å²) in [4.78, 5) is 23.5. The van der Waals surface area contributed by atoms with E-state index in [0.717, 1.165) is 0 Å². The molecule has 1 aliphatic rings. The van der Waals surface area contributed by atoms with E-state index in [0.29, 0.717) is 10.6 Å². The zero-order valence-corrected chi connectivity index (χ0v) is 11.7. The summed E-state index contributed by atoms with van der Waals surface area (Å²) in [7, 11) is 1.42. The zero-order valence-electron chi connectivity index (χ0n) is 10.2. The van der Waals surface area contributed by atoms with Crippen LogP contribution in [0.5, 0.6) is 0 Å². The lowest BCUT2D eigenvalue weighted by Crippen LogP contribution is -2.25. The minimum absolute atomic E-state index is 0.0278. The number of Topliss-reactive ketones (excluding diaryl/α,β-unsaturated/α-hetero) is 1. The molecule has 1 aromatic rings. The standard InChI is InChI=1S/C13H12Cl2O4/c1-19-6-13(12(17)18)5-8(13)11(16)7-2-3-9(14)10(15)4-7/h2-4,8H,5-6H2,1H3,(H,17,18). The van der Waals surface area contributed by atoms with Gasteiger partial charge in [0.15, 0.2) is 5.78 Å². The molecule has 1 N–H and O–H groups in total. The summed E-state index contributed by atoms with van der Waals surface area (Å²) in [5.41, 5.74) is -0.726. The van der Waals surface area contributed by atoms with Crippen LogP contribution in [0.15, 0.2) is 18.2 Å². The molecule has 2 atom stereocenters. The number of hydrogen-bond acceptors (Lipinski definition) is 3. The van der Waals surface area contributed by atoms with E-state index in [9.17, 15) is 14.7 Å². The molecule has 1 fully saturated rings. The number of ketones is 1. The molecule has 0 bridgehead atoms. The summed E-state index contributed by atoms with van der Waals surface area (Å²) in [5.74, 6) is -1.81. The third-order valence-electron chi connectivity index (χ3n) is 3.42. The number of carboxylic acids is 1. The highest BCUT2D eigenvalue weighted by Crippen LogP contribution is 2.54. The first-order valence-corrected chi connectivity index (χ1v) is 6.39. The zero-order chi connectivity index (χ0) is 14.2. The van der Waals surface area contributed by atoms with Gasteiger partial charge in [0.1, 0.15) is 5.41 Å². The van der Waals surface area contributed by atoms with Crippen molar-refractivity contribution < 1.29 is 19.4 Å². The largest absolute Gasteiger partial charge is 0.481 e. The first-order valence-electron chi connectivity index (χ1n) is 5.64. The number of methoxy groups -OCH3 is 1. The van der Waals surface area contributed by atoms with Gasteiger partial charge < -0.3 is 9.84 Å². The lowest BCUT2D eigenvalue weighted by molar-refractivity contribution is -0.146. The molecule has 2 unspecified atom stereocenters. The van der Waals surface area contributed by atoms with E-state index in [4.69, 9.17) is 27.9 Å². The van der Waals surface area contributed by atoms with Gasteiger partial charge in [0, 0.05) is 18.6 Å². The molecular formula is C13H12Cl2O4. The number of rotatable bonds is 5. The summed E-state index contributed by atoms with van der Waals surface area (Å²) in [6.45, 7) is 0.0278. The predicted molar refractivity (Wildman–Crippen MR) is 70.8 cm³/mol. The Morgan fingerprint density at radius 3 is 2.63 bits per heavy atom. The van der Waals surface area contributed by atoms with E-state index in [-0.39, 0.29) is 23.8 Å². The highest BCUT2D eigenvalue weighted by Gasteiger charge is 2.64. The van der Waals surface area contributed by atoms with Gasteiger partial charge in [-0.2, -0.15) is 0 Å². The Morgan fingerprint density at radius 2 is 2.11 bits per heavy atom. The Morgan fingerprint density at radius 1 is 1.42 bits per heavy atom. The number of carbonyl (C=O) groups is 2. The quantitative estimate of drug-likeness (QED) is 0.850. The number of aliphatic carboxylic acids is 1. The molecular weight excluding hydrogens is 291 g/mol. The molecule has 1 aromatic carbocycles. The molecule has 1 aliphatic carbocycles. The molecule has 0 radical (unpaired) electrons. The van der Waals surface area contributed by atoms with E-state index in [1.165, 1.54) is 19.2 Å². The van der Waals surface area contributed by atoms with Gasteiger partial charge in [-0.25, -0.2) is 0 Å². The first kappa shape index (κ1) is 14.3. The summed E-state index contributed by atoms with van der Waals surface area (Å²) >= 11 is 11.6. The van der Waals surface area contributed by atoms with Crippen LogP contribution in [0, 0.1) is 11.3 Å². The normalized spacial score (nSPS) is 25.1. The van der Waals surface area contributed by atoms with Crippen LogP contribution in [0.25, 0.3) is 0 Å². The maximum atomic E-state index is 12.2. The fraction of sp³-hybridized carbons (Fsp3) is 0.385. The van der Waals surface area contributed by atoms with E-state index >= 15 is 0 Å². The second kappa shape index (κ2) is 5.12. The average Bonchev–Trinajstić information content (AvgIpc) is 3.08. The number of carbonyl (C=O) groups excluding carboxylic acids is 1. The third-order valence-corrected chi connectivity index (χ3v) is 4.16. The van der Waals surface area contributed by atoms with Crippen molar-refractivity contribution in [1.29, 1.82) is 0 Å². The highest BCUT2D eigenvalue weighted by molar-refractivity contribution is 6.42. The van der Waals surface area contributed by atoms with Crippen molar-refractivity contribution in [3.63, 3.8) is 0 Å². The fourth-order valence-corrected chi connectivity index (χ4v) is 2.51. The minimum Gasteiger partial charge on any atom is -0.481 e. The molecule has 1 saturated carbocycles. The summed E-state index contributed by atoms with van der Waals surface area (Å²) in [6.07, 6.45) is 0.287. The van der Waals surface area contributed by atoms with Crippen molar-refractivity contribution in [3.05, 3.63) is 33.8 Å². The second-order valence-corrected chi connectivity index (χ2v) is 5.46. The molecule has 0 aliphatic heterocycles. The lowest BCUT2D eigenvalue weighted by atomic mass is 9.99. The molecule has 6 heteroatoms. The van der Waals surface area contributed by atoms with Crippen molar-refractivity contribution in [3.8, 4) is 0 Å². The molecule has 0 saturated heterocycles. The van der Waals surface area contributed by atoms with Crippen LogP contribution in [0.1, 0.15) is 16.8 Å². The van der Waals surface area contributed by atoms with Gasteiger partial charge in [-0.05, 0) is 24.6 Å². The molecule has 0 amide bonds. The van der Waals surface area contributed by atoms with E-state index < -0.39 is 17.3 Å². The SMILES string of the molecule is COCC1(C(=O)O)CC1C(=O)c1ccc(Cl)c(Cl)c1. The van der Waals surface area contributed by atoms with E-state index in [1.807, 2.05) is 0 Å². The predicted octanol–water partition coefficient (Wildman–Crippen LogP) is 2.91. The van der Waals surface area contributed by atoms with Crippen molar-refractivity contribution in [2.45, 2.75) is 6.42 Å². The fourth-order valence-electron chi connectivity index (χ4n) is 2.21. The molecule has 0 aromatic heterocycles. The van der Waals surface area contributed by atoms with Gasteiger partial charge in [0.2, 0.25) is 0 Å². The summed E-state index contributed by atoms with van der Waals surface area (Å²) < 4.78 is 4.91. The molecule has 0 spiro atoms. The van der Waals surface area contributed by atoms with Crippen LogP contribution >= 0.6 is 23.2 Å². The van der Waals surface area contributed by atoms with Crippen molar-refractivity contribution >= 4 is 35.0 Å². The number of halogens is 2. The van der Waals surface area contributed by atoms with Crippen LogP contribution in [0.4, 0.5) is 0 Å². The average molecular weight is 303 g/mol. The van der Waals surface area contributed by atoms with Crippen LogP contribution in [-0.2, 0) is 9.53 Å². The topological polar surface area (TPSA) is 63.6 Å². The second-order valence-electron chi connectivity index (χ2n) is 4.64.